The van der Waals surface area contributed by atoms with E-state index in [0.717, 1.165) is 43.5 Å². The molecule has 1 aliphatic rings. The number of Topliss-reactive ketones (excluding diaryl/α,β-unsaturated/α-hetero) is 1. The van der Waals surface area contributed by atoms with Crippen LogP contribution in [0, 0.1) is 11.6 Å². The van der Waals surface area contributed by atoms with Gasteiger partial charge in [-0.2, -0.15) is 11.8 Å². The van der Waals surface area contributed by atoms with E-state index in [1.54, 1.807) is 0 Å². The van der Waals surface area contributed by atoms with Crippen LogP contribution < -0.4 is 0 Å². The predicted octanol–water partition coefficient (Wildman–Crippen LogP) is 2.97. The minimum atomic E-state index is -0.648. The third-order valence-electron chi connectivity index (χ3n) is 3.27. The molecule has 0 amide bonds. The van der Waals surface area contributed by atoms with Gasteiger partial charge >= 0.3 is 0 Å². The first-order valence-electron chi connectivity index (χ1n) is 6.42. The van der Waals surface area contributed by atoms with E-state index in [2.05, 4.69) is 6.92 Å². The number of carbonyl (C=O) groups is 1. The topological polar surface area (TPSA) is 20.3 Å². The summed E-state index contributed by atoms with van der Waals surface area (Å²) < 4.78 is 26.6. The van der Waals surface area contributed by atoms with Crippen LogP contribution >= 0.6 is 11.8 Å². The fraction of sp³-hybridized carbons (Fsp3) is 0.500. The van der Waals surface area contributed by atoms with Crippen molar-refractivity contribution in [1.29, 1.82) is 0 Å². The lowest BCUT2D eigenvalue weighted by molar-refractivity contribution is 0.0928. The number of nitrogens with zero attached hydrogens (tertiary/aromatic N) is 1. The first-order chi connectivity index (χ1) is 9.10. The Morgan fingerprint density at radius 3 is 3.00 bits per heavy atom. The number of carbonyl (C=O) groups excluding carboxylic acids is 1. The first kappa shape index (κ1) is 14.5. The summed E-state index contributed by atoms with van der Waals surface area (Å²) in [6.07, 6.45) is 1.06. The Hall–Kier alpha value is -0.940. The van der Waals surface area contributed by atoms with Gasteiger partial charge in [0.2, 0.25) is 0 Å². The van der Waals surface area contributed by atoms with Crippen molar-refractivity contribution in [3.05, 3.63) is 35.4 Å². The van der Waals surface area contributed by atoms with Crippen LogP contribution in [-0.4, -0.2) is 41.3 Å². The second-order valence-corrected chi connectivity index (χ2v) is 6.09. The molecule has 1 atom stereocenters. The van der Waals surface area contributed by atoms with Gasteiger partial charge in [0.25, 0.3) is 0 Å². The van der Waals surface area contributed by atoms with E-state index in [1.165, 1.54) is 0 Å². The first-order valence-corrected chi connectivity index (χ1v) is 7.47. The van der Waals surface area contributed by atoms with Crippen molar-refractivity contribution in [1.82, 2.24) is 4.90 Å². The van der Waals surface area contributed by atoms with Gasteiger partial charge in [0.15, 0.2) is 5.78 Å². The largest absolute Gasteiger partial charge is 0.294 e. The highest BCUT2D eigenvalue weighted by Gasteiger charge is 2.22. The lowest BCUT2D eigenvalue weighted by Crippen LogP contribution is -2.40. The maximum absolute atomic E-state index is 13.5. The fourth-order valence-corrected chi connectivity index (χ4v) is 3.42. The minimum Gasteiger partial charge on any atom is -0.294 e. The van der Waals surface area contributed by atoms with E-state index >= 15 is 0 Å². The van der Waals surface area contributed by atoms with E-state index in [0.29, 0.717) is 5.25 Å². The van der Waals surface area contributed by atoms with Crippen LogP contribution in [0.5, 0.6) is 0 Å². The molecule has 1 aromatic rings. The molecular weight excluding hydrogens is 268 g/mol. The van der Waals surface area contributed by atoms with Crippen molar-refractivity contribution >= 4 is 17.5 Å². The molecule has 2 nitrogen and oxygen atoms in total. The van der Waals surface area contributed by atoms with Crippen molar-refractivity contribution in [2.24, 2.45) is 0 Å². The number of hydrogen-bond donors (Lipinski definition) is 0. The van der Waals surface area contributed by atoms with Crippen LogP contribution in [0.15, 0.2) is 18.2 Å². The molecule has 0 radical (unpaired) electrons. The summed E-state index contributed by atoms with van der Waals surface area (Å²) in [5, 5.41) is 0.527. The average Bonchev–Trinajstić information content (AvgIpc) is 2.41. The summed E-state index contributed by atoms with van der Waals surface area (Å²) in [5.41, 5.74) is -0.147. The molecule has 1 fully saturated rings. The number of thioether (sulfide) groups is 1. The highest BCUT2D eigenvalue weighted by molar-refractivity contribution is 8.00. The average molecular weight is 285 g/mol. The number of halogens is 2. The summed E-state index contributed by atoms with van der Waals surface area (Å²) >= 11 is 1.91. The van der Waals surface area contributed by atoms with Gasteiger partial charge in [-0.05, 0) is 24.6 Å². The molecule has 1 unspecified atom stereocenters. The number of benzene rings is 1. The number of hydrogen-bond acceptors (Lipinski definition) is 3. The van der Waals surface area contributed by atoms with E-state index in [9.17, 15) is 13.6 Å². The van der Waals surface area contributed by atoms with Crippen molar-refractivity contribution in [3.8, 4) is 0 Å². The Morgan fingerprint density at radius 2 is 2.26 bits per heavy atom. The second-order valence-electron chi connectivity index (χ2n) is 4.68. The Morgan fingerprint density at radius 1 is 1.47 bits per heavy atom. The van der Waals surface area contributed by atoms with Crippen LogP contribution in [0.1, 0.15) is 23.7 Å². The third-order valence-corrected chi connectivity index (χ3v) is 4.65. The van der Waals surface area contributed by atoms with E-state index in [-0.39, 0.29) is 17.9 Å². The summed E-state index contributed by atoms with van der Waals surface area (Å²) in [6.45, 7) is 3.94. The molecule has 104 valence electrons. The van der Waals surface area contributed by atoms with E-state index < -0.39 is 11.6 Å². The lowest BCUT2D eigenvalue weighted by atomic mass is 10.1. The van der Waals surface area contributed by atoms with Gasteiger partial charge in [0, 0.05) is 24.1 Å². The van der Waals surface area contributed by atoms with Crippen molar-refractivity contribution in [2.75, 3.05) is 25.4 Å². The molecule has 0 N–H and O–H groups in total. The summed E-state index contributed by atoms with van der Waals surface area (Å²) in [5.74, 6) is -0.591. The summed E-state index contributed by atoms with van der Waals surface area (Å²) in [6, 6.07) is 3.01. The van der Waals surface area contributed by atoms with Gasteiger partial charge in [-0.3, -0.25) is 9.69 Å². The van der Waals surface area contributed by atoms with Crippen molar-refractivity contribution in [2.45, 2.75) is 18.6 Å². The monoisotopic (exact) mass is 285 g/mol. The molecule has 0 bridgehead atoms. The molecule has 1 heterocycles. The maximum atomic E-state index is 13.5. The zero-order chi connectivity index (χ0) is 13.8. The number of rotatable bonds is 4. The van der Waals surface area contributed by atoms with Gasteiger partial charge in [0.1, 0.15) is 11.6 Å². The Balaban J connectivity index is 2.02. The second kappa shape index (κ2) is 6.48. The Kier molecular flexibility index (Phi) is 4.93. The van der Waals surface area contributed by atoms with Gasteiger partial charge in [-0.1, -0.05) is 6.92 Å². The quantitative estimate of drug-likeness (QED) is 0.793. The zero-order valence-corrected chi connectivity index (χ0v) is 11.7. The molecule has 5 heteroatoms. The smallest absolute Gasteiger partial charge is 0.179 e. The lowest BCUT2D eigenvalue weighted by Gasteiger charge is -2.31. The normalized spacial score (nSPS) is 20.5. The SMILES string of the molecule is CCC1CN(CC(=O)c2cc(F)ccc2F)CCS1. The maximum Gasteiger partial charge on any atom is 0.179 e. The fourth-order valence-electron chi connectivity index (χ4n) is 2.17. The van der Waals surface area contributed by atoms with Gasteiger partial charge < -0.3 is 0 Å². The summed E-state index contributed by atoms with van der Waals surface area (Å²) in [7, 11) is 0. The third kappa shape index (κ3) is 3.76. The highest BCUT2D eigenvalue weighted by atomic mass is 32.2. The Labute approximate surface area is 116 Å². The summed E-state index contributed by atoms with van der Waals surface area (Å²) in [4.78, 5) is 14.1. The van der Waals surface area contributed by atoms with Crippen LogP contribution in [0.3, 0.4) is 0 Å². The van der Waals surface area contributed by atoms with Crippen LogP contribution in [-0.2, 0) is 0 Å². The zero-order valence-electron chi connectivity index (χ0n) is 10.9. The Bertz CT molecular complexity index is 467. The van der Waals surface area contributed by atoms with E-state index in [1.807, 2.05) is 16.7 Å². The molecule has 0 aliphatic carbocycles. The molecule has 1 aromatic carbocycles. The van der Waals surface area contributed by atoms with Gasteiger partial charge in [0.05, 0.1) is 12.1 Å². The minimum absolute atomic E-state index is 0.147. The number of ketones is 1. The highest BCUT2D eigenvalue weighted by Crippen LogP contribution is 2.21. The van der Waals surface area contributed by atoms with Crippen LogP contribution in [0.2, 0.25) is 0 Å². The van der Waals surface area contributed by atoms with Gasteiger partial charge in [-0.25, -0.2) is 8.78 Å². The molecule has 0 spiro atoms. The molecule has 19 heavy (non-hydrogen) atoms. The predicted molar refractivity (Wildman–Crippen MR) is 73.7 cm³/mol. The molecule has 1 aliphatic heterocycles. The van der Waals surface area contributed by atoms with Gasteiger partial charge in [-0.15, -0.1) is 0 Å². The van der Waals surface area contributed by atoms with E-state index in [4.69, 9.17) is 0 Å². The van der Waals surface area contributed by atoms with Crippen LogP contribution in [0.4, 0.5) is 8.78 Å². The molecule has 1 saturated heterocycles. The molecule has 0 saturated carbocycles. The van der Waals surface area contributed by atoms with Crippen molar-refractivity contribution < 1.29 is 13.6 Å². The molecule has 2 rings (SSSR count). The standard InChI is InChI=1S/C14H17F2NOS/c1-2-11-8-17(5-6-19-11)9-14(18)12-7-10(15)3-4-13(12)16/h3-4,7,11H,2,5-6,8-9H2,1H3. The van der Waals surface area contributed by atoms with Crippen molar-refractivity contribution in [3.63, 3.8) is 0 Å². The molecular formula is C14H17F2NOS. The molecule has 0 aromatic heterocycles. The van der Waals surface area contributed by atoms with Crippen LogP contribution in [0.25, 0.3) is 0 Å².